The number of carbonyl (C=O) groups excluding carboxylic acids is 1. The van der Waals surface area contributed by atoms with E-state index in [1.54, 1.807) is 17.6 Å². The SMILES string of the molecule is COCCNC(=O)c1c(C)cc(C)n1Cc1cccc(C(F)(F)F)c1. The van der Waals surface area contributed by atoms with Crippen molar-refractivity contribution in [2.45, 2.75) is 26.6 Å². The molecule has 0 unspecified atom stereocenters. The van der Waals surface area contributed by atoms with Gasteiger partial charge in [-0.25, -0.2) is 0 Å². The number of rotatable bonds is 6. The summed E-state index contributed by atoms with van der Waals surface area (Å²) in [6.07, 6.45) is -4.39. The van der Waals surface area contributed by atoms with Crippen LogP contribution in [0.3, 0.4) is 0 Å². The van der Waals surface area contributed by atoms with Gasteiger partial charge >= 0.3 is 6.18 Å². The standard InChI is InChI=1S/C18H21F3N2O2/c1-12-9-13(2)23(16(12)17(24)22-7-8-25-3)11-14-5-4-6-15(10-14)18(19,20)21/h4-6,9-10H,7-8,11H2,1-3H3,(H,22,24). The molecule has 0 bridgehead atoms. The van der Waals surface area contributed by atoms with Gasteiger partial charge in [0.05, 0.1) is 12.2 Å². The van der Waals surface area contributed by atoms with Gasteiger partial charge in [0, 0.05) is 25.9 Å². The third kappa shape index (κ3) is 4.63. The summed E-state index contributed by atoms with van der Waals surface area (Å²) in [5.74, 6) is -0.269. The van der Waals surface area contributed by atoms with Crippen LogP contribution >= 0.6 is 0 Å². The van der Waals surface area contributed by atoms with Gasteiger partial charge in [-0.3, -0.25) is 4.79 Å². The summed E-state index contributed by atoms with van der Waals surface area (Å²) >= 11 is 0. The van der Waals surface area contributed by atoms with Crippen molar-refractivity contribution < 1.29 is 22.7 Å². The van der Waals surface area contributed by atoms with Gasteiger partial charge in [0.15, 0.2) is 0 Å². The molecular formula is C18H21F3N2O2. The van der Waals surface area contributed by atoms with Crippen molar-refractivity contribution >= 4 is 5.91 Å². The highest BCUT2D eigenvalue weighted by atomic mass is 19.4. The molecule has 25 heavy (non-hydrogen) atoms. The monoisotopic (exact) mass is 354 g/mol. The molecule has 1 amide bonds. The molecule has 136 valence electrons. The largest absolute Gasteiger partial charge is 0.416 e. The second-order valence-electron chi connectivity index (χ2n) is 5.85. The van der Waals surface area contributed by atoms with Crippen LogP contribution in [0.1, 0.15) is 32.9 Å². The van der Waals surface area contributed by atoms with Crippen molar-refractivity contribution in [2.24, 2.45) is 0 Å². The highest BCUT2D eigenvalue weighted by Gasteiger charge is 2.30. The van der Waals surface area contributed by atoms with Gasteiger partial charge in [-0.1, -0.05) is 12.1 Å². The van der Waals surface area contributed by atoms with Crippen molar-refractivity contribution in [1.29, 1.82) is 0 Å². The van der Waals surface area contributed by atoms with E-state index in [1.807, 2.05) is 13.0 Å². The third-order valence-corrected chi connectivity index (χ3v) is 3.90. The number of amides is 1. The van der Waals surface area contributed by atoms with Crippen molar-refractivity contribution in [2.75, 3.05) is 20.3 Å². The lowest BCUT2D eigenvalue weighted by atomic mass is 10.1. The summed E-state index contributed by atoms with van der Waals surface area (Å²) in [5, 5.41) is 2.75. The number of halogens is 3. The van der Waals surface area contributed by atoms with Crippen LogP contribution in [0, 0.1) is 13.8 Å². The number of benzene rings is 1. The molecule has 0 spiro atoms. The summed E-state index contributed by atoms with van der Waals surface area (Å²) < 4.78 is 45.3. The molecule has 1 aromatic heterocycles. The van der Waals surface area contributed by atoms with E-state index in [0.717, 1.165) is 23.4 Å². The van der Waals surface area contributed by atoms with Gasteiger partial charge in [-0.05, 0) is 43.2 Å². The van der Waals surface area contributed by atoms with E-state index in [-0.39, 0.29) is 12.5 Å². The van der Waals surface area contributed by atoms with Crippen LogP contribution in [0.25, 0.3) is 0 Å². The molecule has 0 radical (unpaired) electrons. The molecule has 0 aliphatic rings. The number of carbonyl (C=O) groups is 1. The Morgan fingerprint density at radius 1 is 1.24 bits per heavy atom. The molecule has 4 nitrogen and oxygen atoms in total. The normalized spacial score (nSPS) is 11.6. The van der Waals surface area contributed by atoms with E-state index in [9.17, 15) is 18.0 Å². The topological polar surface area (TPSA) is 43.3 Å². The van der Waals surface area contributed by atoms with Gasteiger partial charge in [0.1, 0.15) is 5.69 Å². The smallest absolute Gasteiger partial charge is 0.383 e. The Kier molecular flexibility index (Phi) is 5.89. The Bertz CT molecular complexity index is 751. The maximum Gasteiger partial charge on any atom is 0.416 e. The van der Waals surface area contributed by atoms with E-state index < -0.39 is 11.7 Å². The second kappa shape index (κ2) is 7.74. The van der Waals surface area contributed by atoms with Crippen LogP contribution in [-0.2, 0) is 17.5 Å². The van der Waals surface area contributed by atoms with Crippen LogP contribution in [-0.4, -0.2) is 30.7 Å². The Morgan fingerprint density at radius 3 is 2.60 bits per heavy atom. The molecule has 0 atom stereocenters. The predicted molar refractivity (Wildman–Crippen MR) is 88.7 cm³/mol. The molecule has 1 heterocycles. The third-order valence-electron chi connectivity index (χ3n) is 3.90. The second-order valence-corrected chi connectivity index (χ2v) is 5.85. The van der Waals surface area contributed by atoms with E-state index in [2.05, 4.69) is 5.32 Å². The van der Waals surface area contributed by atoms with Crippen LogP contribution < -0.4 is 5.32 Å². The Hall–Kier alpha value is -2.28. The first-order chi connectivity index (χ1) is 11.7. The molecule has 0 aliphatic carbocycles. The zero-order valence-electron chi connectivity index (χ0n) is 14.4. The fourth-order valence-corrected chi connectivity index (χ4v) is 2.73. The minimum atomic E-state index is -4.39. The minimum absolute atomic E-state index is 0.191. The fraction of sp³-hybridized carbons (Fsp3) is 0.389. The van der Waals surface area contributed by atoms with E-state index in [0.29, 0.717) is 24.4 Å². The number of nitrogens with one attached hydrogen (secondary N) is 1. The molecule has 2 aromatic rings. The molecular weight excluding hydrogens is 333 g/mol. The molecule has 1 aromatic carbocycles. The van der Waals surface area contributed by atoms with Crippen LogP contribution in [0.2, 0.25) is 0 Å². The molecule has 2 rings (SSSR count). The summed E-state index contributed by atoms with van der Waals surface area (Å²) in [6, 6.07) is 6.99. The van der Waals surface area contributed by atoms with Crippen molar-refractivity contribution in [3.05, 3.63) is 58.4 Å². The van der Waals surface area contributed by atoms with Crippen LogP contribution in [0.5, 0.6) is 0 Å². The van der Waals surface area contributed by atoms with Gasteiger partial charge in [0.2, 0.25) is 0 Å². The van der Waals surface area contributed by atoms with Crippen molar-refractivity contribution in [1.82, 2.24) is 9.88 Å². The molecule has 1 N–H and O–H groups in total. The Balaban J connectivity index is 2.30. The maximum atomic E-state index is 12.9. The lowest BCUT2D eigenvalue weighted by Crippen LogP contribution is -2.29. The number of aromatic nitrogens is 1. The zero-order chi connectivity index (χ0) is 18.6. The van der Waals surface area contributed by atoms with E-state index in [4.69, 9.17) is 4.74 Å². The number of hydrogen-bond donors (Lipinski definition) is 1. The number of nitrogens with zero attached hydrogens (tertiary/aromatic N) is 1. The van der Waals surface area contributed by atoms with Crippen molar-refractivity contribution in [3.63, 3.8) is 0 Å². The molecule has 0 aliphatic heterocycles. The van der Waals surface area contributed by atoms with Gasteiger partial charge < -0.3 is 14.6 Å². The molecule has 0 saturated carbocycles. The van der Waals surface area contributed by atoms with Gasteiger partial charge in [-0.2, -0.15) is 13.2 Å². The predicted octanol–water partition coefficient (Wildman–Crippen LogP) is 3.55. The first-order valence-corrected chi connectivity index (χ1v) is 7.84. The lowest BCUT2D eigenvalue weighted by Gasteiger charge is -2.14. The number of methoxy groups -OCH3 is 1. The molecule has 7 heteroatoms. The highest BCUT2D eigenvalue weighted by Crippen LogP contribution is 2.30. The average Bonchev–Trinajstić information content (AvgIpc) is 2.81. The Morgan fingerprint density at radius 2 is 1.96 bits per heavy atom. The number of hydrogen-bond acceptors (Lipinski definition) is 2. The average molecular weight is 354 g/mol. The number of alkyl halides is 3. The Labute approximate surface area is 144 Å². The summed E-state index contributed by atoms with van der Waals surface area (Å²) in [4.78, 5) is 12.4. The number of ether oxygens (including phenoxy) is 1. The first kappa shape index (κ1) is 19.1. The van der Waals surface area contributed by atoms with Gasteiger partial charge in [0.25, 0.3) is 5.91 Å². The summed E-state index contributed by atoms with van der Waals surface area (Å²) in [6.45, 7) is 4.57. The molecule has 0 saturated heterocycles. The fourth-order valence-electron chi connectivity index (χ4n) is 2.73. The minimum Gasteiger partial charge on any atom is -0.383 e. The maximum absolute atomic E-state index is 12.9. The van der Waals surface area contributed by atoms with E-state index >= 15 is 0 Å². The summed E-state index contributed by atoms with van der Waals surface area (Å²) in [7, 11) is 1.54. The van der Waals surface area contributed by atoms with E-state index in [1.165, 1.54) is 13.2 Å². The van der Waals surface area contributed by atoms with Crippen LogP contribution in [0.15, 0.2) is 30.3 Å². The summed E-state index contributed by atoms with van der Waals surface area (Å²) in [5.41, 5.74) is 1.83. The highest BCUT2D eigenvalue weighted by molar-refractivity contribution is 5.94. The van der Waals surface area contributed by atoms with Crippen molar-refractivity contribution in [3.8, 4) is 0 Å². The first-order valence-electron chi connectivity index (χ1n) is 7.84. The van der Waals surface area contributed by atoms with Crippen LogP contribution in [0.4, 0.5) is 13.2 Å². The van der Waals surface area contributed by atoms with Gasteiger partial charge in [-0.15, -0.1) is 0 Å². The lowest BCUT2D eigenvalue weighted by molar-refractivity contribution is -0.137. The number of aryl methyl sites for hydroxylation is 2. The zero-order valence-corrected chi connectivity index (χ0v) is 14.4. The quantitative estimate of drug-likeness (QED) is 0.807. The molecule has 0 fully saturated rings.